The zero-order chi connectivity index (χ0) is 9.19. The van der Waals surface area contributed by atoms with Gasteiger partial charge in [-0.15, -0.1) is 0 Å². The van der Waals surface area contributed by atoms with Gasteiger partial charge in [0.2, 0.25) is 0 Å². The normalized spacial score (nSPS) is 11.2. The van der Waals surface area contributed by atoms with Crippen LogP contribution in [0.5, 0.6) is 0 Å². The summed E-state index contributed by atoms with van der Waals surface area (Å²) in [4.78, 5) is 0. The molecule has 0 unspecified atom stereocenters. The van der Waals surface area contributed by atoms with Gasteiger partial charge in [-0.3, -0.25) is 0 Å². The van der Waals surface area contributed by atoms with E-state index in [9.17, 15) is 0 Å². The summed E-state index contributed by atoms with van der Waals surface area (Å²) in [6.07, 6.45) is 1.82. The summed E-state index contributed by atoms with van der Waals surface area (Å²) < 4.78 is -0.327. The summed E-state index contributed by atoms with van der Waals surface area (Å²) >= 11 is 10.3. The quantitative estimate of drug-likeness (QED) is 0.645. The van der Waals surface area contributed by atoms with Gasteiger partial charge in [-0.05, 0) is 17.2 Å². The lowest BCUT2D eigenvalue weighted by atomic mass is 10.1. The largest absolute Gasteiger partial charge is 0.159 e. The lowest BCUT2D eigenvalue weighted by Gasteiger charge is -2.12. The van der Waals surface area contributed by atoms with Crippen LogP contribution in [0.15, 0.2) is 30.8 Å². The lowest BCUT2D eigenvalue weighted by molar-refractivity contribution is 1.36. The van der Waals surface area contributed by atoms with Gasteiger partial charge in [0.1, 0.15) is 0 Å². The van der Waals surface area contributed by atoms with E-state index in [1.807, 2.05) is 30.3 Å². The Hall–Kier alpha value is 0.400. The van der Waals surface area contributed by atoms with Crippen molar-refractivity contribution in [2.75, 3.05) is 0 Å². The molecular weight excluding hydrogens is 348 g/mol. The third-order valence-corrected chi connectivity index (χ3v) is 2.82. The predicted octanol–water partition coefficient (Wildman–Crippen LogP) is 4.62. The molecule has 0 N–H and O–H groups in total. The second-order valence-electron chi connectivity index (χ2n) is 2.33. The first-order chi connectivity index (χ1) is 5.54. The van der Waals surface area contributed by atoms with Crippen LogP contribution >= 0.6 is 47.8 Å². The monoisotopic (exact) mass is 352 g/mol. The first-order valence-electron chi connectivity index (χ1n) is 3.34. The Morgan fingerprint density at radius 3 is 2.42 bits per heavy atom. The smallest absolute Gasteiger partial charge is 0.0985 e. The fraction of sp³-hybridized carbons (Fsp3) is 0.111. The molecule has 0 fully saturated rings. The van der Waals surface area contributed by atoms with Crippen molar-refractivity contribution in [1.29, 1.82) is 0 Å². The molecule has 12 heavy (non-hydrogen) atoms. The third kappa shape index (κ3) is 2.71. The van der Waals surface area contributed by atoms with Gasteiger partial charge in [-0.1, -0.05) is 78.6 Å². The molecule has 1 aromatic carbocycles. The molecule has 3 heteroatoms. The first-order valence-corrected chi connectivity index (χ1v) is 5.71. The molecule has 0 saturated heterocycles. The Balaban J connectivity index is 3.10. The van der Waals surface area contributed by atoms with Crippen molar-refractivity contribution < 1.29 is 0 Å². The van der Waals surface area contributed by atoms with E-state index in [1.54, 1.807) is 0 Å². The second kappa shape index (κ2) is 4.07. The van der Waals surface area contributed by atoms with Crippen molar-refractivity contribution in [1.82, 2.24) is 0 Å². The minimum absolute atomic E-state index is 0.327. The van der Waals surface area contributed by atoms with Crippen molar-refractivity contribution in [2.45, 2.75) is 2.14 Å². The Morgan fingerprint density at radius 2 is 1.92 bits per heavy atom. The van der Waals surface area contributed by atoms with Crippen LogP contribution in [-0.2, 0) is 2.14 Å². The fourth-order valence-electron chi connectivity index (χ4n) is 0.842. The standard InChI is InChI=1S/C9H7Br3/c1-2-7-4-3-5-8(6-7)9(10,11)12/h2-6H,1H2. The van der Waals surface area contributed by atoms with Crippen molar-refractivity contribution in [3.8, 4) is 0 Å². The number of benzene rings is 1. The molecule has 64 valence electrons. The van der Waals surface area contributed by atoms with Crippen LogP contribution in [0.4, 0.5) is 0 Å². The fourth-order valence-corrected chi connectivity index (χ4v) is 1.58. The number of rotatable bonds is 1. The van der Waals surface area contributed by atoms with Crippen LogP contribution in [-0.4, -0.2) is 0 Å². The SMILES string of the molecule is C=Cc1cccc(C(Br)(Br)Br)c1. The molecule has 0 spiro atoms. The van der Waals surface area contributed by atoms with Gasteiger partial charge < -0.3 is 0 Å². The molecule has 0 aliphatic heterocycles. The maximum atomic E-state index is 3.71. The van der Waals surface area contributed by atoms with E-state index in [2.05, 4.69) is 54.4 Å². The molecule has 0 nitrogen and oxygen atoms in total. The highest BCUT2D eigenvalue weighted by Gasteiger charge is 2.20. The second-order valence-corrected chi connectivity index (χ2v) is 9.09. The van der Waals surface area contributed by atoms with Crippen LogP contribution in [0, 0.1) is 0 Å². The summed E-state index contributed by atoms with van der Waals surface area (Å²) in [5.74, 6) is 0. The average Bonchev–Trinajstić information content (AvgIpc) is 2.03. The molecule has 0 atom stereocenters. The molecule has 0 aliphatic carbocycles. The highest BCUT2D eigenvalue weighted by atomic mass is 80.0. The van der Waals surface area contributed by atoms with E-state index in [4.69, 9.17) is 0 Å². The third-order valence-electron chi connectivity index (χ3n) is 1.45. The van der Waals surface area contributed by atoms with Crippen molar-refractivity contribution in [2.24, 2.45) is 0 Å². The topological polar surface area (TPSA) is 0 Å². The van der Waals surface area contributed by atoms with Gasteiger partial charge in [-0.2, -0.15) is 0 Å². The van der Waals surface area contributed by atoms with E-state index >= 15 is 0 Å². The van der Waals surface area contributed by atoms with E-state index < -0.39 is 0 Å². The van der Waals surface area contributed by atoms with Gasteiger partial charge >= 0.3 is 0 Å². The van der Waals surface area contributed by atoms with E-state index in [1.165, 1.54) is 0 Å². The van der Waals surface area contributed by atoms with Crippen LogP contribution in [0.3, 0.4) is 0 Å². The summed E-state index contributed by atoms with van der Waals surface area (Å²) in [7, 11) is 0. The maximum Gasteiger partial charge on any atom is 0.159 e. The minimum atomic E-state index is -0.327. The molecule has 1 aromatic rings. The molecular formula is C9H7Br3. The Labute approximate surface area is 97.4 Å². The van der Waals surface area contributed by atoms with Gasteiger partial charge in [-0.25, -0.2) is 0 Å². The van der Waals surface area contributed by atoms with Crippen molar-refractivity contribution >= 4 is 53.9 Å². The number of halogens is 3. The Bertz CT molecular complexity index is 286. The van der Waals surface area contributed by atoms with Crippen LogP contribution in [0.2, 0.25) is 0 Å². The molecule has 0 aromatic heterocycles. The zero-order valence-corrected chi connectivity index (χ0v) is 11.0. The Kier molecular flexibility index (Phi) is 3.56. The molecule has 0 radical (unpaired) electrons. The molecule has 0 bridgehead atoms. The summed E-state index contributed by atoms with van der Waals surface area (Å²) in [6, 6.07) is 8.07. The van der Waals surface area contributed by atoms with Gasteiger partial charge in [0.25, 0.3) is 0 Å². The maximum absolute atomic E-state index is 3.71. The summed E-state index contributed by atoms with van der Waals surface area (Å²) in [5, 5.41) is 0. The molecule has 1 rings (SSSR count). The van der Waals surface area contributed by atoms with E-state index in [0.29, 0.717) is 0 Å². The molecule has 0 saturated carbocycles. The van der Waals surface area contributed by atoms with Crippen molar-refractivity contribution in [3.63, 3.8) is 0 Å². The minimum Gasteiger partial charge on any atom is -0.0985 e. The number of alkyl halides is 3. The number of hydrogen-bond acceptors (Lipinski definition) is 0. The predicted molar refractivity (Wildman–Crippen MR) is 65.0 cm³/mol. The van der Waals surface area contributed by atoms with E-state index in [0.717, 1.165) is 11.1 Å². The van der Waals surface area contributed by atoms with Gasteiger partial charge in [0, 0.05) is 0 Å². The molecule has 0 amide bonds. The first kappa shape index (κ1) is 10.5. The number of hydrogen-bond donors (Lipinski definition) is 0. The van der Waals surface area contributed by atoms with Crippen molar-refractivity contribution in [3.05, 3.63) is 42.0 Å². The lowest BCUT2D eigenvalue weighted by Crippen LogP contribution is -1.96. The highest BCUT2D eigenvalue weighted by Crippen LogP contribution is 2.44. The van der Waals surface area contributed by atoms with Crippen LogP contribution in [0.25, 0.3) is 6.08 Å². The molecule has 0 aliphatic rings. The summed E-state index contributed by atoms with van der Waals surface area (Å²) in [6.45, 7) is 3.71. The molecule has 0 heterocycles. The zero-order valence-electron chi connectivity index (χ0n) is 6.23. The average molecular weight is 355 g/mol. The van der Waals surface area contributed by atoms with Gasteiger partial charge in [0.15, 0.2) is 2.14 Å². The Morgan fingerprint density at radius 1 is 1.25 bits per heavy atom. The summed E-state index contributed by atoms with van der Waals surface area (Å²) in [5.41, 5.74) is 2.22. The van der Waals surface area contributed by atoms with Crippen LogP contribution < -0.4 is 0 Å². The highest BCUT2D eigenvalue weighted by molar-refractivity contribution is 9.38. The van der Waals surface area contributed by atoms with Crippen LogP contribution in [0.1, 0.15) is 11.1 Å². The van der Waals surface area contributed by atoms with Gasteiger partial charge in [0.05, 0.1) is 0 Å². The van der Waals surface area contributed by atoms with E-state index in [-0.39, 0.29) is 2.14 Å².